The molecule has 0 saturated heterocycles. The Kier molecular flexibility index (Phi) is 3.86. The second-order valence-corrected chi connectivity index (χ2v) is 6.52. The lowest BCUT2D eigenvalue weighted by Crippen LogP contribution is -2.63. The number of methoxy groups -OCH3 is 1. The van der Waals surface area contributed by atoms with Crippen molar-refractivity contribution in [2.24, 2.45) is 10.8 Å². The number of aliphatic hydroxyl groups excluding tert-OH is 1. The van der Waals surface area contributed by atoms with Gasteiger partial charge < -0.3 is 9.84 Å². The summed E-state index contributed by atoms with van der Waals surface area (Å²) in [5.74, 6) is 0. The normalized spacial score (nSPS) is 39.6. The van der Waals surface area contributed by atoms with Crippen LogP contribution in [0.1, 0.15) is 40.0 Å². The van der Waals surface area contributed by atoms with Crippen molar-refractivity contribution in [3.63, 3.8) is 0 Å². The Morgan fingerprint density at radius 3 is 2.33 bits per heavy atom. The molecule has 0 bridgehead atoms. The maximum absolute atomic E-state index is 9.63. The zero-order valence-corrected chi connectivity index (χ0v) is 11.6. The third-order valence-electron chi connectivity index (χ3n) is 4.82. The molecule has 2 nitrogen and oxygen atoms in total. The molecule has 1 fully saturated rings. The molecule has 0 aliphatic heterocycles. The highest BCUT2D eigenvalue weighted by Gasteiger charge is 2.60. The quantitative estimate of drug-likeness (QED) is 0.738. The molecular weight excluding hydrogens is 207 g/mol. The third kappa shape index (κ3) is 1.75. The fraction of sp³-hybridized carbons (Fsp3) is 1.00. The van der Waals surface area contributed by atoms with E-state index < -0.39 is 0 Å². The highest BCUT2D eigenvalue weighted by molar-refractivity contribution is 7.19. The van der Waals surface area contributed by atoms with Crippen molar-refractivity contribution < 1.29 is 9.84 Å². The minimum Gasteiger partial charge on any atom is -0.396 e. The van der Waals surface area contributed by atoms with Gasteiger partial charge >= 0.3 is 0 Å². The molecule has 0 aromatic rings. The van der Waals surface area contributed by atoms with Crippen LogP contribution < -0.4 is 0 Å². The van der Waals surface area contributed by atoms with Crippen LogP contribution in [0.4, 0.5) is 0 Å². The molecule has 3 heteroatoms. The lowest BCUT2D eigenvalue weighted by molar-refractivity contribution is -0.0827. The molecule has 15 heavy (non-hydrogen) atoms. The first-order valence-electron chi connectivity index (χ1n) is 5.78. The molecular formula is C12H25O2P. The summed E-state index contributed by atoms with van der Waals surface area (Å²) in [7, 11) is 4.78. The first-order valence-corrected chi connectivity index (χ1v) is 6.35. The van der Waals surface area contributed by atoms with Crippen LogP contribution >= 0.6 is 9.24 Å². The first kappa shape index (κ1) is 13.4. The molecule has 4 atom stereocenters. The van der Waals surface area contributed by atoms with E-state index >= 15 is 0 Å². The Morgan fingerprint density at radius 1 is 1.47 bits per heavy atom. The van der Waals surface area contributed by atoms with Crippen LogP contribution in [0.25, 0.3) is 0 Å². The summed E-state index contributed by atoms with van der Waals surface area (Å²) in [6, 6.07) is 0. The molecule has 1 rings (SSSR count). The van der Waals surface area contributed by atoms with Gasteiger partial charge in [-0.1, -0.05) is 20.8 Å². The Bertz CT molecular complexity index is 228. The number of rotatable bonds is 5. The topological polar surface area (TPSA) is 29.5 Å². The molecule has 90 valence electrons. The largest absolute Gasteiger partial charge is 0.396 e. The molecule has 0 radical (unpaired) electrons. The second kappa shape index (κ2) is 4.31. The minimum atomic E-state index is -0.0107. The van der Waals surface area contributed by atoms with Crippen molar-refractivity contribution in [1.29, 1.82) is 0 Å². The summed E-state index contributed by atoms with van der Waals surface area (Å²) in [5, 5.41) is 9.76. The smallest absolute Gasteiger partial charge is 0.0524 e. The lowest BCUT2D eigenvalue weighted by Gasteiger charge is -2.63. The zero-order chi connectivity index (χ0) is 11.7. The van der Waals surface area contributed by atoms with Crippen LogP contribution in [0, 0.1) is 10.8 Å². The molecule has 0 heterocycles. The summed E-state index contributed by atoms with van der Waals surface area (Å²) in [6.07, 6.45) is 3.37. The summed E-state index contributed by atoms with van der Waals surface area (Å²) in [6.45, 7) is 7.66. The van der Waals surface area contributed by atoms with Crippen LogP contribution in [-0.2, 0) is 4.74 Å². The fourth-order valence-corrected chi connectivity index (χ4v) is 3.61. The van der Waals surface area contributed by atoms with E-state index in [-0.39, 0.29) is 22.6 Å². The third-order valence-corrected chi connectivity index (χ3v) is 6.50. The highest BCUT2D eigenvalue weighted by Crippen LogP contribution is 2.64. The predicted molar refractivity (Wildman–Crippen MR) is 67.1 cm³/mol. The first-order chi connectivity index (χ1) is 6.89. The summed E-state index contributed by atoms with van der Waals surface area (Å²) in [5.41, 5.74) is 0.184. The maximum Gasteiger partial charge on any atom is 0.0524 e. The maximum atomic E-state index is 9.63. The summed E-state index contributed by atoms with van der Waals surface area (Å²) < 4.78 is 5.33. The van der Waals surface area contributed by atoms with Gasteiger partial charge in [0, 0.05) is 29.7 Å². The lowest BCUT2D eigenvalue weighted by atomic mass is 9.50. The number of hydrogen-bond acceptors (Lipinski definition) is 2. The summed E-state index contributed by atoms with van der Waals surface area (Å²) >= 11 is 0. The van der Waals surface area contributed by atoms with E-state index in [0.29, 0.717) is 0 Å². The van der Waals surface area contributed by atoms with Crippen LogP contribution in [0.5, 0.6) is 0 Å². The molecule has 0 spiro atoms. The van der Waals surface area contributed by atoms with Gasteiger partial charge in [0.15, 0.2) is 0 Å². The van der Waals surface area contributed by atoms with Gasteiger partial charge in [-0.05, 0) is 19.3 Å². The van der Waals surface area contributed by atoms with Crippen molar-refractivity contribution in [3.8, 4) is 0 Å². The molecule has 0 aromatic carbocycles. The second-order valence-electron chi connectivity index (χ2n) is 5.54. The van der Waals surface area contributed by atoms with E-state index in [1.807, 2.05) is 0 Å². The van der Waals surface area contributed by atoms with Gasteiger partial charge in [0.25, 0.3) is 0 Å². The van der Waals surface area contributed by atoms with Crippen LogP contribution in [0.3, 0.4) is 0 Å². The zero-order valence-electron chi connectivity index (χ0n) is 10.5. The van der Waals surface area contributed by atoms with E-state index in [1.54, 1.807) is 7.11 Å². The summed E-state index contributed by atoms with van der Waals surface area (Å²) in [4.78, 5) is 0. The Morgan fingerprint density at radius 2 is 2.07 bits per heavy atom. The van der Waals surface area contributed by atoms with Gasteiger partial charge in [0.1, 0.15) is 0 Å². The standard InChI is InChI=1S/C12H25O2P/c1-5-10(2,8-13)12(15)7-6-11(12,3)9-14-4/h13H,5-9,15H2,1-4H3. The fourth-order valence-electron chi connectivity index (χ4n) is 2.94. The number of aliphatic hydroxyl groups is 1. The average Bonchev–Trinajstić information content (AvgIpc) is 2.25. The van der Waals surface area contributed by atoms with Crippen molar-refractivity contribution in [1.82, 2.24) is 0 Å². The number of ether oxygens (including phenoxy) is 1. The van der Waals surface area contributed by atoms with Gasteiger partial charge in [0.05, 0.1) is 6.61 Å². The minimum absolute atomic E-state index is 0.0107. The Labute approximate surface area is 96.0 Å². The van der Waals surface area contributed by atoms with E-state index in [2.05, 4.69) is 30.0 Å². The molecule has 1 aliphatic carbocycles. The van der Waals surface area contributed by atoms with Crippen LogP contribution in [0.15, 0.2) is 0 Å². The SMILES string of the molecule is CCC(C)(CO)C1(P)CCC1(C)COC. The van der Waals surface area contributed by atoms with Gasteiger partial charge in [-0.15, -0.1) is 9.24 Å². The van der Waals surface area contributed by atoms with Crippen molar-refractivity contribution in [2.75, 3.05) is 20.3 Å². The van der Waals surface area contributed by atoms with Gasteiger partial charge in [-0.25, -0.2) is 0 Å². The van der Waals surface area contributed by atoms with Crippen molar-refractivity contribution >= 4 is 9.24 Å². The predicted octanol–water partition coefficient (Wildman–Crippen LogP) is 2.46. The molecule has 0 aromatic heterocycles. The molecule has 0 amide bonds. The number of hydrogen-bond donors (Lipinski definition) is 1. The van der Waals surface area contributed by atoms with Crippen molar-refractivity contribution in [2.45, 2.75) is 45.2 Å². The van der Waals surface area contributed by atoms with E-state index in [0.717, 1.165) is 13.0 Å². The van der Waals surface area contributed by atoms with E-state index in [1.165, 1.54) is 12.8 Å². The van der Waals surface area contributed by atoms with Crippen LogP contribution in [-0.4, -0.2) is 30.6 Å². The molecule has 1 aliphatic rings. The highest BCUT2D eigenvalue weighted by atomic mass is 31.0. The van der Waals surface area contributed by atoms with Gasteiger partial charge in [-0.3, -0.25) is 0 Å². The molecule has 1 saturated carbocycles. The van der Waals surface area contributed by atoms with E-state index in [9.17, 15) is 5.11 Å². The Hall–Kier alpha value is 0.350. The van der Waals surface area contributed by atoms with E-state index in [4.69, 9.17) is 4.74 Å². The monoisotopic (exact) mass is 232 g/mol. The van der Waals surface area contributed by atoms with Crippen molar-refractivity contribution in [3.05, 3.63) is 0 Å². The van der Waals surface area contributed by atoms with Crippen LogP contribution in [0.2, 0.25) is 0 Å². The van der Waals surface area contributed by atoms with Gasteiger partial charge in [-0.2, -0.15) is 0 Å². The molecule has 4 unspecified atom stereocenters. The average molecular weight is 232 g/mol. The Balaban J connectivity index is 2.91. The molecule has 1 N–H and O–H groups in total. The van der Waals surface area contributed by atoms with Gasteiger partial charge in [0.2, 0.25) is 0 Å².